The zero-order valence-electron chi connectivity index (χ0n) is 18.5. The molecule has 0 aliphatic carbocycles. The SMILES string of the molecule is C/C=C/CCc1ccc(-c2ccc3c(F)c(C#Cc4cc(F)c(C#N)c(F)c4)ccc3c2)cc1. The van der Waals surface area contributed by atoms with Crippen LogP contribution < -0.4 is 0 Å². The standard InChI is InChI=1S/C30H20F3N/c1-2-3-4-5-20-6-9-22(10-7-20)24-14-15-26-25(18-24)13-12-23(30(26)33)11-8-21-16-28(31)27(19-34)29(32)17-21/h2-3,6-7,9-10,12-18H,4-5H2,1H3/b3-2+. The summed E-state index contributed by atoms with van der Waals surface area (Å²) in [5.74, 6) is 2.73. The molecule has 166 valence electrons. The van der Waals surface area contributed by atoms with Crippen LogP contribution in [0.1, 0.15) is 35.6 Å². The smallest absolute Gasteiger partial charge is 0.146 e. The number of allylic oxidation sites excluding steroid dienone is 2. The van der Waals surface area contributed by atoms with Crippen LogP contribution in [0.4, 0.5) is 13.2 Å². The number of nitrogens with zero attached hydrogens (tertiary/aromatic N) is 1. The van der Waals surface area contributed by atoms with Crippen molar-refractivity contribution in [1.29, 1.82) is 5.26 Å². The summed E-state index contributed by atoms with van der Waals surface area (Å²) >= 11 is 0. The molecule has 4 aromatic carbocycles. The number of nitriles is 1. The highest BCUT2D eigenvalue weighted by Gasteiger charge is 2.10. The molecular formula is C30H20F3N. The number of benzene rings is 4. The van der Waals surface area contributed by atoms with Crippen molar-refractivity contribution in [3.05, 3.63) is 119 Å². The van der Waals surface area contributed by atoms with Crippen LogP contribution in [-0.4, -0.2) is 0 Å². The highest BCUT2D eigenvalue weighted by Crippen LogP contribution is 2.28. The van der Waals surface area contributed by atoms with Crippen LogP contribution in [0.2, 0.25) is 0 Å². The number of hydrogen-bond acceptors (Lipinski definition) is 1. The normalized spacial score (nSPS) is 10.8. The van der Waals surface area contributed by atoms with Crippen LogP contribution >= 0.6 is 0 Å². The minimum atomic E-state index is -0.996. The van der Waals surface area contributed by atoms with Crippen molar-refractivity contribution in [2.45, 2.75) is 19.8 Å². The third-order valence-electron chi connectivity index (χ3n) is 5.57. The Kier molecular flexibility index (Phi) is 6.81. The summed E-state index contributed by atoms with van der Waals surface area (Å²) in [5.41, 5.74) is 2.77. The Morgan fingerprint density at radius 2 is 1.53 bits per heavy atom. The first kappa shape index (κ1) is 22.9. The monoisotopic (exact) mass is 451 g/mol. The molecule has 4 aromatic rings. The molecule has 0 bridgehead atoms. The van der Waals surface area contributed by atoms with E-state index in [1.807, 2.05) is 25.1 Å². The molecule has 0 saturated carbocycles. The van der Waals surface area contributed by atoms with Gasteiger partial charge in [0.05, 0.1) is 5.56 Å². The van der Waals surface area contributed by atoms with Gasteiger partial charge in [0.2, 0.25) is 0 Å². The first-order valence-corrected chi connectivity index (χ1v) is 10.8. The van der Waals surface area contributed by atoms with Gasteiger partial charge in [-0.2, -0.15) is 5.26 Å². The van der Waals surface area contributed by atoms with Crippen LogP contribution in [0.5, 0.6) is 0 Å². The lowest BCUT2D eigenvalue weighted by molar-refractivity contribution is 0.576. The summed E-state index contributed by atoms with van der Waals surface area (Å²) < 4.78 is 42.7. The number of fused-ring (bicyclic) bond motifs is 1. The minimum absolute atomic E-state index is 0.0259. The van der Waals surface area contributed by atoms with Gasteiger partial charge in [-0.3, -0.25) is 0 Å². The van der Waals surface area contributed by atoms with Gasteiger partial charge in [-0.05, 0) is 66.1 Å². The molecule has 0 aliphatic rings. The van der Waals surface area contributed by atoms with Crippen molar-refractivity contribution in [3.8, 4) is 29.0 Å². The van der Waals surface area contributed by atoms with E-state index in [1.165, 1.54) is 11.6 Å². The van der Waals surface area contributed by atoms with Gasteiger partial charge >= 0.3 is 0 Å². The Balaban J connectivity index is 1.61. The molecule has 0 fully saturated rings. The van der Waals surface area contributed by atoms with Crippen molar-refractivity contribution in [2.24, 2.45) is 0 Å². The molecule has 0 heterocycles. The molecule has 0 atom stereocenters. The largest absolute Gasteiger partial charge is 0.205 e. The lowest BCUT2D eigenvalue weighted by atomic mass is 9.98. The molecule has 4 heteroatoms. The second kappa shape index (κ2) is 10.1. The quantitative estimate of drug-likeness (QED) is 0.230. The molecule has 0 unspecified atom stereocenters. The van der Waals surface area contributed by atoms with Crippen LogP contribution in [0.3, 0.4) is 0 Å². The maximum atomic E-state index is 15.1. The second-order valence-corrected chi connectivity index (χ2v) is 7.84. The Hall–Kier alpha value is -4.28. The first-order valence-electron chi connectivity index (χ1n) is 10.8. The maximum absolute atomic E-state index is 15.1. The molecule has 4 rings (SSSR count). The summed E-state index contributed by atoms with van der Waals surface area (Å²) in [7, 11) is 0. The summed E-state index contributed by atoms with van der Waals surface area (Å²) in [6, 6.07) is 20.6. The van der Waals surface area contributed by atoms with Gasteiger partial charge in [-0.15, -0.1) is 0 Å². The van der Waals surface area contributed by atoms with Crippen molar-refractivity contribution in [3.63, 3.8) is 0 Å². The van der Waals surface area contributed by atoms with Gasteiger partial charge in [0.25, 0.3) is 0 Å². The Labute approximate surface area is 196 Å². The highest BCUT2D eigenvalue weighted by atomic mass is 19.1. The molecule has 0 radical (unpaired) electrons. The molecule has 0 N–H and O–H groups in total. The molecule has 0 aliphatic heterocycles. The molecular weight excluding hydrogens is 431 g/mol. The zero-order valence-corrected chi connectivity index (χ0v) is 18.5. The minimum Gasteiger partial charge on any atom is -0.205 e. The van der Waals surface area contributed by atoms with E-state index >= 15 is 4.39 Å². The van der Waals surface area contributed by atoms with Gasteiger partial charge in [-0.1, -0.05) is 66.5 Å². The van der Waals surface area contributed by atoms with Gasteiger partial charge in [0, 0.05) is 10.9 Å². The summed E-state index contributed by atoms with van der Waals surface area (Å²) in [6.45, 7) is 2.01. The van der Waals surface area contributed by atoms with Gasteiger partial charge in [-0.25, -0.2) is 13.2 Å². The molecule has 1 nitrogen and oxygen atoms in total. The lowest BCUT2D eigenvalue weighted by Gasteiger charge is -2.07. The molecule has 34 heavy (non-hydrogen) atoms. The second-order valence-electron chi connectivity index (χ2n) is 7.84. The van der Waals surface area contributed by atoms with Crippen molar-refractivity contribution in [2.75, 3.05) is 0 Å². The van der Waals surface area contributed by atoms with E-state index in [-0.39, 0.29) is 11.1 Å². The molecule has 0 saturated heterocycles. The van der Waals surface area contributed by atoms with Crippen molar-refractivity contribution >= 4 is 10.8 Å². The summed E-state index contributed by atoms with van der Waals surface area (Å²) in [4.78, 5) is 0. The fraction of sp³-hybridized carbons (Fsp3) is 0.100. The predicted octanol–water partition coefficient (Wildman–Crippen LogP) is 7.70. The lowest BCUT2D eigenvalue weighted by Crippen LogP contribution is -1.92. The fourth-order valence-corrected chi connectivity index (χ4v) is 3.74. The van der Waals surface area contributed by atoms with E-state index in [2.05, 4.69) is 42.2 Å². The average molecular weight is 451 g/mol. The predicted molar refractivity (Wildman–Crippen MR) is 130 cm³/mol. The molecule has 0 amide bonds. The topological polar surface area (TPSA) is 23.8 Å². The summed E-state index contributed by atoms with van der Waals surface area (Å²) in [5, 5.41) is 9.90. The Bertz CT molecular complexity index is 1470. The van der Waals surface area contributed by atoms with E-state index < -0.39 is 23.0 Å². The number of rotatable bonds is 4. The highest BCUT2D eigenvalue weighted by molar-refractivity contribution is 5.89. The Morgan fingerprint density at radius 3 is 2.21 bits per heavy atom. The Morgan fingerprint density at radius 1 is 0.824 bits per heavy atom. The zero-order chi connectivity index (χ0) is 24.1. The average Bonchev–Trinajstić information content (AvgIpc) is 2.84. The molecule has 0 aromatic heterocycles. The van der Waals surface area contributed by atoms with Gasteiger partial charge < -0.3 is 0 Å². The van der Waals surface area contributed by atoms with Crippen molar-refractivity contribution < 1.29 is 13.2 Å². The van der Waals surface area contributed by atoms with E-state index in [9.17, 15) is 8.78 Å². The number of aryl methyl sites for hydroxylation is 1. The van der Waals surface area contributed by atoms with Crippen LogP contribution in [-0.2, 0) is 6.42 Å². The first-order chi connectivity index (χ1) is 16.5. The van der Waals surface area contributed by atoms with E-state index in [4.69, 9.17) is 5.26 Å². The van der Waals surface area contributed by atoms with Crippen molar-refractivity contribution in [1.82, 2.24) is 0 Å². The van der Waals surface area contributed by atoms with Gasteiger partial charge in [0.15, 0.2) is 0 Å². The summed E-state index contributed by atoms with van der Waals surface area (Å²) in [6.07, 6.45) is 6.18. The number of hydrogen-bond donors (Lipinski definition) is 0. The third-order valence-corrected chi connectivity index (χ3v) is 5.57. The van der Waals surface area contributed by atoms with E-state index in [0.29, 0.717) is 5.39 Å². The number of halogens is 3. The van der Waals surface area contributed by atoms with Crippen LogP contribution in [0, 0.1) is 40.6 Å². The van der Waals surface area contributed by atoms with Crippen LogP contribution in [0.15, 0.2) is 78.9 Å². The fourth-order valence-electron chi connectivity index (χ4n) is 3.74. The maximum Gasteiger partial charge on any atom is 0.146 e. The van der Waals surface area contributed by atoms with E-state index in [0.717, 1.165) is 41.5 Å². The van der Waals surface area contributed by atoms with Gasteiger partial charge in [0.1, 0.15) is 29.1 Å². The van der Waals surface area contributed by atoms with E-state index in [1.54, 1.807) is 18.2 Å². The van der Waals surface area contributed by atoms with Crippen LogP contribution in [0.25, 0.3) is 21.9 Å². The molecule has 0 spiro atoms. The third kappa shape index (κ3) is 4.87.